The van der Waals surface area contributed by atoms with Crippen molar-refractivity contribution in [1.82, 2.24) is 9.88 Å². The summed E-state index contributed by atoms with van der Waals surface area (Å²) in [6, 6.07) is 9.35. The van der Waals surface area contributed by atoms with Crippen LogP contribution in [0.25, 0.3) is 0 Å². The van der Waals surface area contributed by atoms with E-state index in [9.17, 15) is 9.59 Å². The van der Waals surface area contributed by atoms with Crippen molar-refractivity contribution in [2.24, 2.45) is 0 Å². The molecule has 144 valence electrons. The Morgan fingerprint density at radius 3 is 2.96 bits per heavy atom. The topological polar surface area (TPSA) is 75.4 Å². The number of thioether (sulfide) groups is 1. The van der Waals surface area contributed by atoms with E-state index in [1.165, 1.54) is 23.9 Å². The number of carbonyl (C=O) groups is 2. The molecule has 0 saturated carbocycles. The lowest BCUT2D eigenvalue weighted by Crippen LogP contribution is -2.35. The van der Waals surface area contributed by atoms with Crippen LogP contribution in [0.3, 0.4) is 0 Å². The third kappa shape index (κ3) is 3.83. The maximum Gasteiger partial charge on any atom is 0.260 e. The number of rotatable bonds is 5. The van der Waals surface area contributed by atoms with Crippen LogP contribution in [0.4, 0.5) is 5.13 Å². The number of nitrogens with one attached hydrogen (secondary N) is 1. The van der Waals surface area contributed by atoms with E-state index >= 15 is 0 Å². The van der Waals surface area contributed by atoms with Gasteiger partial charge in [-0.15, -0.1) is 11.8 Å². The van der Waals surface area contributed by atoms with Crippen molar-refractivity contribution < 1.29 is 14.0 Å². The van der Waals surface area contributed by atoms with Crippen molar-refractivity contribution in [3.8, 4) is 0 Å². The molecule has 6 nitrogen and oxygen atoms in total. The summed E-state index contributed by atoms with van der Waals surface area (Å²) in [6.45, 7) is 3.21. The number of thiazole rings is 1. The summed E-state index contributed by atoms with van der Waals surface area (Å²) in [5.74, 6) is 0.709. The predicted octanol–water partition coefficient (Wildman–Crippen LogP) is 4.30. The van der Waals surface area contributed by atoms with Crippen molar-refractivity contribution >= 4 is 40.0 Å². The monoisotopic (exact) mass is 413 g/mol. The van der Waals surface area contributed by atoms with Crippen LogP contribution in [-0.4, -0.2) is 34.0 Å². The number of benzene rings is 1. The summed E-state index contributed by atoms with van der Waals surface area (Å²) in [7, 11) is 0. The first-order valence-corrected chi connectivity index (χ1v) is 10.8. The van der Waals surface area contributed by atoms with Gasteiger partial charge >= 0.3 is 0 Å². The molecular formula is C20H19N3O3S2. The molecule has 0 spiro atoms. The van der Waals surface area contributed by atoms with Gasteiger partial charge in [-0.1, -0.05) is 30.4 Å². The van der Waals surface area contributed by atoms with E-state index in [0.29, 0.717) is 30.2 Å². The molecule has 8 heteroatoms. The van der Waals surface area contributed by atoms with Gasteiger partial charge in [0.1, 0.15) is 6.26 Å². The van der Waals surface area contributed by atoms with Gasteiger partial charge in [-0.2, -0.15) is 0 Å². The van der Waals surface area contributed by atoms with Gasteiger partial charge in [0.15, 0.2) is 5.13 Å². The molecule has 2 amide bonds. The largest absolute Gasteiger partial charge is 0.472 e. The van der Waals surface area contributed by atoms with Gasteiger partial charge in [0.2, 0.25) is 0 Å². The lowest BCUT2D eigenvalue weighted by Gasteiger charge is -2.26. The van der Waals surface area contributed by atoms with Crippen molar-refractivity contribution in [2.75, 3.05) is 17.6 Å². The molecule has 4 rings (SSSR count). The third-order valence-electron chi connectivity index (χ3n) is 4.44. The zero-order chi connectivity index (χ0) is 19.5. The highest BCUT2D eigenvalue weighted by atomic mass is 32.2. The first-order chi connectivity index (χ1) is 13.7. The van der Waals surface area contributed by atoms with Gasteiger partial charge in [0, 0.05) is 22.7 Å². The Kier molecular flexibility index (Phi) is 5.50. The summed E-state index contributed by atoms with van der Waals surface area (Å²) >= 11 is 3.10. The van der Waals surface area contributed by atoms with Crippen LogP contribution in [-0.2, 0) is 13.0 Å². The lowest BCUT2D eigenvalue weighted by molar-refractivity contribution is 0.0732. The molecule has 1 aliphatic rings. The predicted molar refractivity (Wildman–Crippen MR) is 110 cm³/mol. The molecule has 0 fully saturated rings. The number of hydrogen-bond acceptors (Lipinski definition) is 6. The number of hydrogen-bond donors (Lipinski definition) is 1. The van der Waals surface area contributed by atoms with Gasteiger partial charge in [0.25, 0.3) is 11.8 Å². The Morgan fingerprint density at radius 1 is 1.32 bits per heavy atom. The summed E-state index contributed by atoms with van der Waals surface area (Å²) in [5.41, 5.74) is 2.15. The maximum absolute atomic E-state index is 13.1. The van der Waals surface area contributed by atoms with E-state index in [0.717, 1.165) is 26.8 Å². The van der Waals surface area contributed by atoms with E-state index < -0.39 is 0 Å². The molecule has 0 radical (unpaired) electrons. The summed E-state index contributed by atoms with van der Waals surface area (Å²) in [4.78, 5) is 33.7. The van der Waals surface area contributed by atoms with Crippen molar-refractivity contribution in [1.29, 1.82) is 0 Å². The summed E-state index contributed by atoms with van der Waals surface area (Å²) in [5, 5.41) is 3.35. The van der Waals surface area contributed by atoms with Crippen LogP contribution >= 0.6 is 23.1 Å². The highest BCUT2D eigenvalue weighted by Crippen LogP contribution is 2.31. The van der Waals surface area contributed by atoms with Gasteiger partial charge in [-0.3, -0.25) is 14.9 Å². The van der Waals surface area contributed by atoms with Crippen LogP contribution in [0.2, 0.25) is 0 Å². The first kappa shape index (κ1) is 18.8. The first-order valence-electron chi connectivity index (χ1n) is 8.99. The van der Waals surface area contributed by atoms with Gasteiger partial charge in [-0.25, -0.2) is 4.98 Å². The molecule has 1 aliphatic heterocycles. The molecule has 28 heavy (non-hydrogen) atoms. The van der Waals surface area contributed by atoms with Gasteiger partial charge in [0.05, 0.1) is 29.6 Å². The molecule has 0 saturated heterocycles. The number of furan rings is 1. The second-order valence-electron chi connectivity index (χ2n) is 6.26. The average Bonchev–Trinajstić information content (AvgIpc) is 3.37. The number of fused-ring (bicyclic) bond motifs is 1. The molecule has 0 unspecified atom stereocenters. The van der Waals surface area contributed by atoms with E-state index in [4.69, 9.17) is 4.42 Å². The molecule has 3 heterocycles. The quantitative estimate of drug-likeness (QED) is 0.631. The number of aromatic nitrogens is 1. The molecule has 0 atom stereocenters. The lowest BCUT2D eigenvalue weighted by atomic mass is 10.1. The summed E-state index contributed by atoms with van der Waals surface area (Å²) in [6.07, 6.45) is 3.54. The molecule has 0 bridgehead atoms. The number of amides is 2. The standard InChI is InChI=1S/C20H19N3O3S2/c1-2-27-16-6-4-3-5-14(16)19(25)23-9-7-15-17(11-23)28-20(21-15)22-18(24)13-8-10-26-12-13/h3-6,8,10,12H,2,7,9,11H2,1H3,(H,21,22,24). The molecule has 3 aromatic rings. The van der Waals surface area contributed by atoms with Crippen LogP contribution in [0.15, 0.2) is 52.2 Å². The van der Waals surface area contributed by atoms with Gasteiger partial charge < -0.3 is 9.32 Å². The third-order valence-corrected chi connectivity index (χ3v) is 6.39. The zero-order valence-corrected chi connectivity index (χ0v) is 16.9. The molecule has 2 aromatic heterocycles. The minimum absolute atomic E-state index is 0.0413. The van der Waals surface area contributed by atoms with Gasteiger partial charge in [-0.05, 0) is 24.0 Å². The van der Waals surface area contributed by atoms with Crippen molar-refractivity contribution in [3.05, 3.63) is 64.6 Å². The van der Waals surface area contributed by atoms with Crippen molar-refractivity contribution in [3.63, 3.8) is 0 Å². The number of carbonyl (C=O) groups excluding carboxylic acids is 2. The summed E-state index contributed by atoms with van der Waals surface area (Å²) < 4.78 is 4.94. The van der Waals surface area contributed by atoms with Crippen molar-refractivity contribution in [2.45, 2.75) is 24.8 Å². The Morgan fingerprint density at radius 2 is 2.18 bits per heavy atom. The molecule has 0 aliphatic carbocycles. The Balaban J connectivity index is 1.48. The zero-order valence-electron chi connectivity index (χ0n) is 15.3. The van der Waals surface area contributed by atoms with Crippen LogP contribution in [0, 0.1) is 0 Å². The Hall–Kier alpha value is -2.58. The smallest absolute Gasteiger partial charge is 0.260 e. The van der Waals surface area contributed by atoms with E-state index in [1.807, 2.05) is 29.2 Å². The maximum atomic E-state index is 13.1. The fourth-order valence-corrected chi connectivity index (χ4v) is 4.90. The Bertz CT molecular complexity index is 998. The average molecular weight is 414 g/mol. The van der Waals surface area contributed by atoms with Crippen LogP contribution in [0.5, 0.6) is 0 Å². The SMILES string of the molecule is CCSc1ccccc1C(=O)N1CCc2nc(NC(=O)c3ccoc3)sc2C1. The highest BCUT2D eigenvalue weighted by molar-refractivity contribution is 7.99. The second kappa shape index (κ2) is 8.20. The van der Waals surface area contributed by atoms with Crippen LogP contribution < -0.4 is 5.32 Å². The molecular weight excluding hydrogens is 394 g/mol. The fourth-order valence-electron chi connectivity index (χ4n) is 3.08. The van der Waals surface area contributed by atoms with E-state index in [-0.39, 0.29) is 11.8 Å². The Labute approximate surface area is 171 Å². The second-order valence-corrected chi connectivity index (χ2v) is 8.65. The highest BCUT2D eigenvalue weighted by Gasteiger charge is 2.26. The number of nitrogens with zero attached hydrogens (tertiary/aromatic N) is 2. The minimum atomic E-state index is -0.252. The fraction of sp³-hybridized carbons (Fsp3) is 0.250. The normalized spacial score (nSPS) is 13.2. The molecule has 1 aromatic carbocycles. The van der Waals surface area contributed by atoms with E-state index in [2.05, 4.69) is 17.2 Å². The molecule has 1 N–H and O–H groups in total. The number of anilines is 1. The van der Waals surface area contributed by atoms with E-state index in [1.54, 1.807) is 17.8 Å². The van der Waals surface area contributed by atoms with Crippen LogP contribution in [0.1, 0.15) is 38.2 Å². The minimum Gasteiger partial charge on any atom is -0.472 e.